The second kappa shape index (κ2) is 6.99. The van der Waals surface area contributed by atoms with E-state index in [0.29, 0.717) is 5.02 Å². The molecular formula is C11H11Cl3N2O4. The maximum atomic E-state index is 11.7. The molecule has 1 aromatic carbocycles. The number of halogens is 3. The minimum atomic E-state index is -1.46. The summed E-state index contributed by atoms with van der Waals surface area (Å²) < 4.78 is 0. The van der Waals surface area contributed by atoms with Gasteiger partial charge in [0.15, 0.2) is 6.04 Å². The predicted molar refractivity (Wildman–Crippen MR) is 76.7 cm³/mol. The molecule has 0 aromatic heterocycles. The minimum Gasteiger partial charge on any atom is -0.480 e. The number of urea groups is 1. The van der Waals surface area contributed by atoms with Gasteiger partial charge in [-0.05, 0) is 19.1 Å². The van der Waals surface area contributed by atoms with Crippen LogP contribution in [-0.2, 0) is 4.79 Å². The molecule has 0 saturated heterocycles. The Bertz CT molecular complexity index is 513. The molecule has 2 unspecified atom stereocenters. The highest BCUT2D eigenvalue weighted by Crippen LogP contribution is 2.33. The monoisotopic (exact) mass is 340 g/mol. The molecule has 9 heteroatoms. The molecule has 20 heavy (non-hydrogen) atoms. The number of aliphatic carboxylic acids is 1. The third-order valence-corrected chi connectivity index (χ3v) is 3.09. The molecule has 0 fully saturated rings. The van der Waals surface area contributed by atoms with E-state index in [-0.39, 0.29) is 15.7 Å². The smallest absolute Gasteiger partial charge is 0.328 e. The molecule has 0 aliphatic heterocycles. The van der Waals surface area contributed by atoms with Crippen molar-refractivity contribution in [3.63, 3.8) is 0 Å². The topological polar surface area (TPSA) is 98.7 Å². The molecule has 0 spiro atoms. The van der Waals surface area contributed by atoms with E-state index in [2.05, 4.69) is 10.6 Å². The molecule has 1 rings (SSSR count). The van der Waals surface area contributed by atoms with E-state index in [1.165, 1.54) is 19.1 Å². The van der Waals surface area contributed by atoms with Crippen LogP contribution in [0.25, 0.3) is 0 Å². The number of carbonyl (C=O) groups is 2. The number of carbonyl (C=O) groups excluding carboxylic acids is 1. The lowest BCUT2D eigenvalue weighted by Gasteiger charge is -2.18. The number of rotatable bonds is 4. The molecule has 0 bridgehead atoms. The Morgan fingerprint density at radius 2 is 1.70 bits per heavy atom. The molecule has 2 amide bonds. The zero-order chi connectivity index (χ0) is 15.4. The maximum absolute atomic E-state index is 11.7. The Kier molecular flexibility index (Phi) is 5.88. The van der Waals surface area contributed by atoms with Gasteiger partial charge in [0.25, 0.3) is 0 Å². The number of hydrogen-bond acceptors (Lipinski definition) is 3. The molecule has 0 saturated carbocycles. The Morgan fingerprint density at radius 3 is 2.10 bits per heavy atom. The van der Waals surface area contributed by atoms with Gasteiger partial charge in [-0.15, -0.1) is 0 Å². The zero-order valence-corrected chi connectivity index (χ0v) is 12.4. The van der Waals surface area contributed by atoms with Gasteiger partial charge < -0.3 is 20.8 Å². The SMILES string of the molecule is CC(O)C(NC(=O)Nc1c(Cl)cc(Cl)cc1Cl)C(=O)O. The predicted octanol–water partition coefficient (Wildman–Crippen LogP) is 2.60. The Hall–Kier alpha value is -1.21. The zero-order valence-electron chi connectivity index (χ0n) is 10.2. The standard InChI is InChI=1S/C11H11Cl3N2O4/c1-4(17)8(10(18)19)15-11(20)16-9-6(13)2-5(12)3-7(9)14/h2-4,8,17H,1H3,(H,18,19)(H2,15,16,20). The summed E-state index contributed by atoms with van der Waals surface area (Å²) in [5.74, 6) is -1.37. The first kappa shape index (κ1) is 16.8. The Morgan fingerprint density at radius 1 is 1.20 bits per heavy atom. The molecule has 6 nitrogen and oxygen atoms in total. The summed E-state index contributed by atoms with van der Waals surface area (Å²) in [5.41, 5.74) is 0.0879. The molecule has 0 aliphatic rings. The largest absolute Gasteiger partial charge is 0.480 e. The highest BCUT2D eigenvalue weighted by atomic mass is 35.5. The van der Waals surface area contributed by atoms with Crippen molar-refractivity contribution in [3.05, 3.63) is 27.2 Å². The summed E-state index contributed by atoms with van der Waals surface area (Å²) in [6.07, 6.45) is -1.27. The van der Waals surface area contributed by atoms with E-state index in [4.69, 9.17) is 39.9 Å². The first-order chi connectivity index (χ1) is 9.22. The highest BCUT2D eigenvalue weighted by Gasteiger charge is 2.25. The van der Waals surface area contributed by atoms with Crippen molar-refractivity contribution in [2.24, 2.45) is 0 Å². The molecule has 0 heterocycles. The van der Waals surface area contributed by atoms with Crippen LogP contribution in [0.4, 0.5) is 10.5 Å². The molecule has 0 radical (unpaired) electrons. The summed E-state index contributed by atoms with van der Waals surface area (Å²) in [6, 6.07) is 0.409. The van der Waals surface area contributed by atoms with Gasteiger partial charge in [0.2, 0.25) is 0 Å². The summed E-state index contributed by atoms with van der Waals surface area (Å²) in [4.78, 5) is 22.5. The minimum absolute atomic E-state index is 0.0879. The van der Waals surface area contributed by atoms with Gasteiger partial charge >= 0.3 is 12.0 Å². The average molecular weight is 342 g/mol. The van der Waals surface area contributed by atoms with Gasteiger partial charge in [0.05, 0.1) is 21.8 Å². The maximum Gasteiger partial charge on any atom is 0.328 e. The third-order valence-electron chi connectivity index (χ3n) is 2.28. The lowest BCUT2D eigenvalue weighted by atomic mass is 10.2. The normalized spacial score (nSPS) is 13.4. The quantitative estimate of drug-likeness (QED) is 0.676. The molecular weight excluding hydrogens is 330 g/mol. The lowest BCUT2D eigenvalue weighted by molar-refractivity contribution is -0.141. The van der Waals surface area contributed by atoms with Crippen LogP contribution in [0.2, 0.25) is 15.1 Å². The first-order valence-electron chi connectivity index (χ1n) is 5.35. The van der Waals surface area contributed by atoms with Crippen LogP contribution >= 0.6 is 34.8 Å². The van der Waals surface area contributed by atoms with Crippen molar-refractivity contribution >= 4 is 52.5 Å². The van der Waals surface area contributed by atoms with Crippen LogP contribution in [-0.4, -0.2) is 34.4 Å². The number of aliphatic hydroxyl groups is 1. The van der Waals surface area contributed by atoms with E-state index in [1.54, 1.807) is 0 Å². The van der Waals surface area contributed by atoms with E-state index in [0.717, 1.165) is 0 Å². The molecule has 2 atom stereocenters. The van der Waals surface area contributed by atoms with Crippen molar-refractivity contribution in [2.45, 2.75) is 19.1 Å². The van der Waals surface area contributed by atoms with E-state index in [9.17, 15) is 14.7 Å². The van der Waals surface area contributed by atoms with Crippen molar-refractivity contribution in [2.75, 3.05) is 5.32 Å². The van der Waals surface area contributed by atoms with Gasteiger partial charge in [-0.1, -0.05) is 34.8 Å². The van der Waals surface area contributed by atoms with Crippen LogP contribution in [0.15, 0.2) is 12.1 Å². The van der Waals surface area contributed by atoms with Crippen LogP contribution in [0.1, 0.15) is 6.92 Å². The van der Waals surface area contributed by atoms with Gasteiger partial charge in [-0.25, -0.2) is 9.59 Å². The highest BCUT2D eigenvalue weighted by molar-refractivity contribution is 6.42. The molecule has 110 valence electrons. The summed E-state index contributed by atoms with van der Waals surface area (Å²) in [5, 5.41) is 23.0. The van der Waals surface area contributed by atoms with Crippen molar-refractivity contribution in [1.29, 1.82) is 0 Å². The van der Waals surface area contributed by atoms with Gasteiger partial charge in [0.1, 0.15) is 0 Å². The van der Waals surface area contributed by atoms with Crippen molar-refractivity contribution in [3.8, 4) is 0 Å². The number of benzene rings is 1. The summed E-state index contributed by atoms with van der Waals surface area (Å²) >= 11 is 17.4. The van der Waals surface area contributed by atoms with Crippen LogP contribution < -0.4 is 10.6 Å². The third kappa shape index (κ3) is 4.42. The molecule has 1 aromatic rings. The molecule has 4 N–H and O–H groups in total. The Balaban J connectivity index is 2.84. The second-order valence-corrected chi connectivity index (χ2v) is 5.15. The summed E-state index contributed by atoms with van der Waals surface area (Å²) in [7, 11) is 0. The Labute approximate surface area is 129 Å². The average Bonchev–Trinajstić information content (AvgIpc) is 2.29. The van der Waals surface area contributed by atoms with Crippen LogP contribution in [0.3, 0.4) is 0 Å². The number of carboxylic acid groups (broad SMARTS) is 1. The van der Waals surface area contributed by atoms with E-state index >= 15 is 0 Å². The number of aliphatic hydroxyl groups excluding tert-OH is 1. The van der Waals surface area contributed by atoms with E-state index < -0.39 is 24.1 Å². The van der Waals surface area contributed by atoms with Crippen molar-refractivity contribution in [1.82, 2.24) is 5.32 Å². The number of hydrogen-bond donors (Lipinski definition) is 4. The van der Waals surface area contributed by atoms with Crippen LogP contribution in [0.5, 0.6) is 0 Å². The van der Waals surface area contributed by atoms with Gasteiger partial charge in [-0.3, -0.25) is 0 Å². The van der Waals surface area contributed by atoms with Crippen molar-refractivity contribution < 1.29 is 19.8 Å². The first-order valence-corrected chi connectivity index (χ1v) is 6.48. The second-order valence-electron chi connectivity index (χ2n) is 3.90. The fourth-order valence-corrected chi connectivity index (χ4v) is 2.25. The summed E-state index contributed by atoms with van der Waals surface area (Å²) in [6.45, 7) is 1.24. The fourth-order valence-electron chi connectivity index (χ4n) is 1.34. The number of carboxylic acids is 1. The number of nitrogens with one attached hydrogen (secondary N) is 2. The molecule has 0 aliphatic carbocycles. The number of amides is 2. The fraction of sp³-hybridized carbons (Fsp3) is 0.273. The van der Waals surface area contributed by atoms with Crippen LogP contribution in [0, 0.1) is 0 Å². The van der Waals surface area contributed by atoms with E-state index in [1.807, 2.05) is 0 Å². The number of anilines is 1. The lowest BCUT2D eigenvalue weighted by Crippen LogP contribution is -2.49. The van der Waals surface area contributed by atoms with Gasteiger partial charge in [0, 0.05) is 5.02 Å². The van der Waals surface area contributed by atoms with Gasteiger partial charge in [-0.2, -0.15) is 0 Å².